The number of nitrogens with zero attached hydrogens (tertiary/aromatic N) is 1. The Hall–Kier alpha value is -1.02. The van der Waals surface area contributed by atoms with Crippen molar-refractivity contribution in [2.45, 2.75) is 19.4 Å². The van der Waals surface area contributed by atoms with Crippen molar-refractivity contribution in [2.75, 3.05) is 14.2 Å². The maximum Gasteiger partial charge on any atom is 0.123 e. The molecule has 1 radical (unpaired) electrons. The van der Waals surface area contributed by atoms with Gasteiger partial charge in [-0.15, -0.1) is 0 Å². The van der Waals surface area contributed by atoms with E-state index in [1.165, 1.54) is 0 Å². The molecule has 1 aromatic carbocycles. The van der Waals surface area contributed by atoms with Gasteiger partial charge >= 0.3 is 0 Å². The zero-order valence-electron chi connectivity index (χ0n) is 8.66. The summed E-state index contributed by atoms with van der Waals surface area (Å²) in [7, 11) is 3.51. The van der Waals surface area contributed by atoms with Crippen molar-refractivity contribution in [1.29, 1.82) is 0 Å². The molecule has 0 saturated carbocycles. The van der Waals surface area contributed by atoms with E-state index in [1.54, 1.807) is 7.11 Å². The van der Waals surface area contributed by atoms with Crippen LogP contribution in [0.15, 0.2) is 24.3 Å². The van der Waals surface area contributed by atoms with Crippen molar-refractivity contribution in [1.82, 2.24) is 5.32 Å². The quantitative estimate of drug-likeness (QED) is 0.695. The van der Waals surface area contributed by atoms with Gasteiger partial charge in [-0.3, -0.25) is 0 Å². The Kier molecular flexibility index (Phi) is 2.94. The SMILES string of the molecule is C[N]C(C)(C)c1ccccc1OC. The third-order valence-electron chi connectivity index (χ3n) is 2.33. The van der Waals surface area contributed by atoms with E-state index in [4.69, 9.17) is 4.74 Å². The van der Waals surface area contributed by atoms with Gasteiger partial charge in [0.1, 0.15) is 5.75 Å². The highest BCUT2D eigenvalue weighted by Crippen LogP contribution is 2.29. The van der Waals surface area contributed by atoms with Crippen molar-refractivity contribution in [3.8, 4) is 5.75 Å². The standard InChI is InChI=1S/C11H16NO/c1-11(2,12-3)9-7-5-6-8-10(9)13-4/h5-8H,1-4H3. The average Bonchev–Trinajstić information content (AvgIpc) is 2.18. The molecule has 0 aliphatic carbocycles. The first kappa shape index (κ1) is 10.1. The fourth-order valence-corrected chi connectivity index (χ4v) is 1.27. The summed E-state index contributed by atoms with van der Waals surface area (Å²) in [6, 6.07) is 7.98. The Morgan fingerprint density at radius 2 is 1.85 bits per heavy atom. The average molecular weight is 178 g/mol. The molecule has 0 aromatic heterocycles. The van der Waals surface area contributed by atoms with E-state index in [-0.39, 0.29) is 5.54 Å². The predicted octanol–water partition coefficient (Wildman–Crippen LogP) is 2.16. The van der Waals surface area contributed by atoms with Crippen molar-refractivity contribution in [2.24, 2.45) is 0 Å². The maximum atomic E-state index is 5.27. The van der Waals surface area contributed by atoms with E-state index in [2.05, 4.69) is 19.2 Å². The summed E-state index contributed by atoms with van der Waals surface area (Å²) in [6.45, 7) is 4.15. The molecule has 1 rings (SSSR count). The summed E-state index contributed by atoms with van der Waals surface area (Å²) in [6.07, 6.45) is 0. The number of hydrogen-bond acceptors (Lipinski definition) is 1. The molecule has 0 amide bonds. The van der Waals surface area contributed by atoms with Crippen LogP contribution in [0.4, 0.5) is 0 Å². The summed E-state index contributed by atoms with van der Waals surface area (Å²) >= 11 is 0. The third-order valence-corrected chi connectivity index (χ3v) is 2.33. The Morgan fingerprint density at radius 3 is 2.38 bits per heavy atom. The van der Waals surface area contributed by atoms with Crippen LogP contribution in [0.5, 0.6) is 5.75 Å². The molecule has 0 bridgehead atoms. The maximum absolute atomic E-state index is 5.27. The molecule has 0 saturated heterocycles. The zero-order valence-corrected chi connectivity index (χ0v) is 8.66. The molecule has 0 spiro atoms. The highest BCUT2D eigenvalue weighted by atomic mass is 16.5. The van der Waals surface area contributed by atoms with E-state index in [9.17, 15) is 0 Å². The molecule has 0 unspecified atom stereocenters. The lowest BCUT2D eigenvalue weighted by Crippen LogP contribution is -2.27. The van der Waals surface area contributed by atoms with Crippen LogP contribution in [-0.2, 0) is 5.54 Å². The highest BCUT2D eigenvalue weighted by Gasteiger charge is 2.22. The molecule has 71 valence electrons. The minimum absolute atomic E-state index is 0.174. The number of rotatable bonds is 3. The fraction of sp³-hybridized carbons (Fsp3) is 0.455. The van der Waals surface area contributed by atoms with Crippen LogP contribution in [0.25, 0.3) is 0 Å². The molecule has 1 aromatic rings. The largest absolute Gasteiger partial charge is 0.496 e. The minimum Gasteiger partial charge on any atom is -0.496 e. The van der Waals surface area contributed by atoms with Gasteiger partial charge in [0.2, 0.25) is 0 Å². The number of para-hydroxylation sites is 1. The van der Waals surface area contributed by atoms with Crippen LogP contribution < -0.4 is 10.1 Å². The summed E-state index contributed by atoms with van der Waals surface area (Å²) in [5, 5.41) is 4.32. The van der Waals surface area contributed by atoms with Gasteiger partial charge in [-0.25, -0.2) is 5.32 Å². The number of hydrogen-bond donors (Lipinski definition) is 0. The lowest BCUT2D eigenvalue weighted by atomic mass is 9.94. The summed E-state index contributed by atoms with van der Waals surface area (Å²) in [4.78, 5) is 0. The Morgan fingerprint density at radius 1 is 1.23 bits per heavy atom. The number of methoxy groups -OCH3 is 1. The summed E-state index contributed by atoms with van der Waals surface area (Å²) in [5.41, 5.74) is 0.951. The molecule has 0 atom stereocenters. The number of ether oxygens (including phenoxy) is 1. The molecule has 2 nitrogen and oxygen atoms in total. The second kappa shape index (κ2) is 3.79. The van der Waals surface area contributed by atoms with Crippen molar-refractivity contribution >= 4 is 0 Å². The van der Waals surface area contributed by atoms with Crippen LogP contribution in [0, 0.1) is 0 Å². The van der Waals surface area contributed by atoms with E-state index in [0.717, 1.165) is 11.3 Å². The van der Waals surface area contributed by atoms with Crippen LogP contribution in [0.2, 0.25) is 0 Å². The second-order valence-corrected chi connectivity index (χ2v) is 3.48. The van der Waals surface area contributed by atoms with Crippen molar-refractivity contribution in [3.63, 3.8) is 0 Å². The second-order valence-electron chi connectivity index (χ2n) is 3.48. The van der Waals surface area contributed by atoms with Gasteiger partial charge in [-0.2, -0.15) is 0 Å². The molecule has 2 heteroatoms. The Bertz CT molecular complexity index is 281. The summed E-state index contributed by atoms with van der Waals surface area (Å²) in [5.74, 6) is 0.901. The first-order chi connectivity index (χ1) is 6.11. The Labute approximate surface area is 79.9 Å². The van der Waals surface area contributed by atoms with Gasteiger partial charge in [0, 0.05) is 12.6 Å². The zero-order chi connectivity index (χ0) is 9.90. The Balaban J connectivity index is 3.12. The molecular formula is C11H16NO. The normalized spacial score (nSPS) is 11.4. The fourth-order valence-electron chi connectivity index (χ4n) is 1.27. The van der Waals surface area contributed by atoms with Crippen molar-refractivity contribution < 1.29 is 4.74 Å². The van der Waals surface area contributed by atoms with Gasteiger partial charge in [-0.05, 0) is 19.9 Å². The minimum atomic E-state index is -0.174. The topological polar surface area (TPSA) is 23.3 Å². The van der Waals surface area contributed by atoms with E-state index < -0.39 is 0 Å². The highest BCUT2D eigenvalue weighted by molar-refractivity contribution is 5.38. The van der Waals surface area contributed by atoms with Crippen LogP contribution in [0.3, 0.4) is 0 Å². The molecule has 13 heavy (non-hydrogen) atoms. The van der Waals surface area contributed by atoms with Crippen LogP contribution in [0.1, 0.15) is 19.4 Å². The van der Waals surface area contributed by atoms with Gasteiger partial charge in [0.05, 0.1) is 12.6 Å². The van der Waals surface area contributed by atoms with Crippen LogP contribution >= 0.6 is 0 Å². The van der Waals surface area contributed by atoms with E-state index in [0.29, 0.717) is 0 Å². The first-order valence-corrected chi connectivity index (χ1v) is 4.36. The van der Waals surface area contributed by atoms with Gasteiger partial charge in [0.25, 0.3) is 0 Å². The van der Waals surface area contributed by atoms with E-state index in [1.807, 2.05) is 31.3 Å². The van der Waals surface area contributed by atoms with Crippen molar-refractivity contribution in [3.05, 3.63) is 29.8 Å². The lowest BCUT2D eigenvalue weighted by molar-refractivity contribution is 0.371. The van der Waals surface area contributed by atoms with Gasteiger partial charge in [-0.1, -0.05) is 18.2 Å². The first-order valence-electron chi connectivity index (χ1n) is 4.36. The predicted molar refractivity (Wildman–Crippen MR) is 54.1 cm³/mol. The molecule has 0 heterocycles. The summed E-state index contributed by atoms with van der Waals surface area (Å²) < 4.78 is 5.27. The number of benzene rings is 1. The van der Waals surface area contributed by atoms with E-state index >= 15 is 0 Å². The molecule has 0 aliphatic heterocycles. The van der Waals surface area contributed by atoms with Gasteiger partial charge < -0.3 is 4.74 Å². The molecule has 0 fully saturated rings. The molecular weight excluding hydrogens is 162 g/mol. The van der Waals surface area contributed by atoms with Gasteiger partial charge in [0.15, 0.2) is 0 Å². The molecule has 0 aliphatic rings. The molecule has 0 N–H and O–H groups in total. The third kappa shape index (κ3) is 2.01. The monoisotopic (exact) mass is 178 g/mol. The van der Waals surface area contributed by atoms with Crippen LogP contribution in [-0.4, -0.2) is 14.2 Å². The smallest absolute Gasteiger partial charge is 0.123 e. The lowest BCUT2D eigenvalue weighted by Gasteiger charge is -2.24.